The predicted molar refractivity (Wildman–Crippen MR) is 113 cm³/mol. The molecule has 7 heteroatoms. The number of rotatable bonds is 4. The zero-order valence-electron chi connectivity index (χ0n) is 16.4. The number of benzene rings is 1. The number of aromatic amines is 1. The molecule has 2 atom stereocenters. The number of H-pyrrole nitrogens is 1. The molecule has 0 radical (unpaired) electrons. The molecule has 2 heterocycles. The van der Waals surface area contributed by atoms with Gasteiger partial charge in [-0.3, -0.25) is 9.59 Å². The summed E-state index contributed by atoms with van der Waals surface area (Å²) < 4.78 is 0. The number of nitrogens with zero attached hydrogens (tertiary/aromatic N) is 2. The van der Waals surface area contributed by atoms with Crippen molar-refractivity contribution in [2.45, 2.75) is 55.9 Å². The standard InChI is InChI=1S/C22H22N4O2S/c1-3-12(2)29-22-25-20-19(21(28)26-22)17(14-9-7-13(11-23)8-10-14)18-15(24-20)5-4-6-16(18)27/h7-10,12,17H,3-6H2,1-2H3,(H2,24,25,26,28)/t12-,17+/m1/s1. The SMILES string of the molecule is CC[C@@H](C)Sc1nc2c(c(=O)[nH]1)[C@@H](c1ccc(C#N)cc1)C1=C(CCCC1=O)N2. The van der Waals surface area contributed by atoms with Gasteiger partial charge >= 0.3 is 0 Å². The Morgan fingerprint density at radius 1 is 1.28 bits per heavy atom. The first kappa shape index (κ1) is 19.5. The number of carbonyl (C=O) groups excluding carboxylic acids is 1. The van der Waals surface area contributed by atoms with Gasteiger partial charge in [0.25, 0.3) is 5.56 Å². The summed E-state index contributed by atoms with van der Waals surface area (Å²) in [5, 5.41) is 13.3. The maximum Gasteiger partial charge on any atom is 0.257 e. The minimum Gasteiger partial charge on any atom is -0.343 e. The minimum atomic E-state index is -0.472. The van der Waals surface area contributed by atoms with E-state index in [9.17, 15) is 9.59 Å². The molecule has 2 aliphatic rings. The second-order valence-corrected chi connectivity index (χ2v) is 8.86. The molecule has 1 aromatic carbocycles. The monoisotopic (exact) mass is 406 g/mol. The normalized spacial score (nSPS) is 19.1. The van der Waals surface area contributed by atoms with Crippen LogP contribution < -0.4 is 10.9 Å². The predicted octanol–water partition coefficient (Wildman–Crippen LogP) is 4.10. The number of carbonyl (C=O) groups is 1. The van der Waals surface area contributed by atoms with Crippen molar-refractivity contribution in [2.75, 3.05) is 5.32 Å². The molecular weight excluding hydrogens is 384 g/mol. The topological polar surface area (TPSA) is 98.6 Å². The van der Waals surface area contributed by atoms with Crippen molar-refractivity contribution in [1.82, 2.24) is 9.97 Å². The number of anilines is 1. The molecule has 1 aromatic heterocycles. The van der Waals surface area contributed by atoms with Crippen LogP contribution >= 0.6 is 11.8 Å². The van der Waals surface area contributed by atoms with Crippen molar-refractivity contribution in [3.05, 3.63) is 62.6 Å². The highest BCUT2D eigenvalue weighted by Crippen LogP contribution is 2.43. The van der Waals surface area contributed by atoms with Crippen LogP contribution in [0.5, 0.6) is 0 Å². The van der Waals surface area contributed by atoms with Gasteiger partial charge in [0.2, 0.25) is 0 Å². The lowest BCUT2D eigenvalue weighted by Gasteiger charge is -2.32. The van der Waals surface area contributed by atoms with E-state index >= 15 is 0 Å². The highest BCUT2D eigenvalue weighted by atomic mass is 32.2. The third kappa shape index (κ3) is 3.60. The highest BCUT2D eigenvalue weighted by molar-refractivity contribution is 7.99. The zero-order valence-corrected chi connectivity index (χ0v) is 17.2. The Morgan fingerprint density at radius 2 is 2.03 bits per heavy atom. The maximum absolute atomic E-state index is 13.1. The van der Waals surface area contributed by atoms with Gasteiger partial charge in [0.15, 0.2) is 10.9 Å². The Balaban J connectivity index is 1.88. The van der Waals surface area contributed by atoms with Gasteiger partial charge in [0.1, 0.15) is 5.82 Å². The maximum atomic E-state index is 13.1. The summed E-state index contributed by atoms with van der Waals surface area (Å²) in [5.41, 5.74) is 3.12. The second-order valence-electron chi connectivity index (χ2n) is 7.43. The molecule has 0 unspecified atom stereocenters. The van der Waals surface area contributed by atoms with Crippen LogP contribution in [0.2, 0.25) is 0 Å². The first-order chi connectivity index (χ1) is 14.0. The summed E-state index contributed by atoms with van der Waals surface area (Å²) in [6.07, 6.45) is 3.00. The molecule has 2 N–H and O–H groups in total. The van der Waals surface area contributed by atoms with Gasteiger partial charge in [-0.15, -0.1) is 0 Å². The largest absolute Gasteiger partial charge is 0.343 e. The molecule has 6 nitrogen and oxygen atoms in total. The zero-order chi connectivity index (χ0) is 20.5. The Hall–Kier alpha value is -2.85. The Bertz CT molecular complexity index is 1100. The van der Waals surface area contributed by atoms with Crippen LogP contribution in [0.4, 0.5) is 5.82 Å². The molecule has 0 saturated heterocycles. The van der Waals surface area contributed by atoms with Crippen LogP contribution in [-0.4, -0.2) is 21.0 Å². The van der Waals surface area contributed by atoms with Crippen molar-refractivity contribution >= 4 is 23.4 Å². The summed E-state index contributed by atoms with van der Waals surface area (Å²) >= 11 is 1.54. The fourth-order valence-electron chi connectivity index (χ4n) is 3.85. The summed E-state index contributed by atoms with van der Waals surface area (Å²) in [4.78, 5) is 33.5. The third-order valence-electron chi connectivity index (χ3n) is 5.50. The van der Waals surface area contributed by atoms with Crippen molar-refractivity contribution in [2.24, 2.45) is 0 Å². The molecule has 2 aromatic rings. The molecule has 148 valence electrons. The van der Waals surface area contributed by atoms with Gasteiger partial charge in [-0.25, -0.2) is 4.98 Å². The first-order valence-corrected chi connectivity index (χ1v) is 10.7. The van der Waals surface area contributed by atoms with Gasteiger partial charge < -0.3 is 10.3 Å². The molecule has 0 saturated carbocycles. The van der Waals surface area contributed by atoms with Crippen LogP contribution in [0.3, 0.4) is 0 Å². The number of nitriles is 1. The van der Waals surface area contributed by atoms with E-state index in [4.69, 9.17) is 5.26 Å². The summed E-state index contributed by atoms with van der Waals surface area (Å²) in [5.74, 6) is 0.124. The second kappa shape index (κ2) is 7.88. The molecular formula is C22H22N4O2S. The number of allylic oxidation sites excluding steroid dienone is 2. The van der Waals surface area contributed by atoms with E-state index in [0.717, 1.165) is 30.5 Å². The van der Waals surface area contributed by atoms with E-state index in [-0.39, 0.29) is 11.3 Å². The van der Waals surface area contributed by atoms with Crippen LogP contribution in [0.25, 0.3) is 0 Å². The number of hydrogen-bond acceptors (Lipinski definition) is 6. The number of fused-ring (bicyclic) bond motifs is 1. The molecule has 0 amide bonds. The van der Waals surface area contributed by atoms with Crippen molar-refractivity contribution in [3.63, 3.8) is 0 Å². The van der Waals surface area contributed by atoms with E-state index in [2.05, 4.69) is 35.2 Å². The van der Waals surface area contributed by atoms with Gasteiger partial charge in [-0.05, 0) is 37.0 Å². The highest BCUT2D eigenvalue weighted by Gasteiger charge is 2.37. The van der Waals surface area contributed by atoms with E-state index in [1.807, 2.05) is 12.1 Å². The third-order valence-corrected chi connectivity index (χ3v) is 6.65. The fourth-order valence-corrected chi connectivity index (χ4v) is 4.70. The number of ketones is 1. The summed E-state index contributed by atoms with van der Waals surface area (Å²) in [6, 6.07) is 9.20. The van der Waals surface area contributed by atoms with Gasteiger partial charge in [-0.1, -0.05) is 37.7 Å². The lowest BCUT2D eigenvalue weighted by atomic mass is 9.76. The molecule has 0 bridgehead atoms. The smallest absolute Gasteiger partial charge is 0.257 e. The van der Waals surface area contributed by atoms with E-state index in [1.165, 1.54) is 11.8 Å². The average molecular weight is 407 g/mol. The van der Waals surface area contributed by atoms with Crippen LogP contribution in [0.15, 0.2) is 45.5 Å². The Kier molecular flexibility index (Phi) is 5.29. The van der Waals surface area contributed by atoms with Crippen LogP contribution in [0, 0.1) is 11.3 Å². The molecule has 0 spiro atoms. The average Bonchev–Trinajstić information content (AvgIpc) is 2.72. The number of nitrogens with one attached hydrogen (secondary N) is 2. The number of aromatic nitrogens is 2. The van der Waals surface area contributed by atoms with Crippen molar-refractivity contribution in [1.29, 1.82) is 5.26 Å². The molecule has 1 aliphatic carbocycles. The number of hydrogen-bond donors (Lipinski definition) is 2. The Morgan fingerprint density at radius 3 is 2.72 bits per heavy atom. The van der Waals surface area contributed by atoms with Crippen LogP contribution in [-0.2, 0) is 4.79 Å². The summed E-state index contributed by atoms with van der Waals surface area (Å²) in [6.45, 7) is 4.19. The van der Waals surface area contributed by atoms with Gasteiger partial charge in [0, 0.05) is 28.9 Å². The molecule has 29 heavy (non-hydrogen) atoms. The van der Waals surface area contributed by atoms with Gasteiger partial charge in [0.05, 0.1) is 17.2 Å². The quantitative estimate of drug-likeness (QED) is 0.586. The number of thioether (sulfide) groups is 1. The van der Waals surface area contributed by atoms with E-state index < -0.39 is 5.92 Å². The Labute approximate surface area is 173 Å². The lowest BCUT2D eigenvalue weighted by molar-refractivity contribution is -0.116. The van der Waals surface area contributed by atoms with E-state index in [1.54, 1.807) is 12.1 Å². The minimum absolute atomic E-state index is 0.0659. The lowest BCUT2D eigenvalue weighted by Crippen LogP contribution is -2.32. The molecule has 1 aliphatic heterocycles. The molecule has 0 fully saturated rings. The van der Waals surface area contributed by atoms with Gasteiger partial charge in [-0.2, -0.15) is 5.26 Å². The summed E-state index contributed by atoms with van der Waals surface area (Å²) in [7, 11) is 0. The van der Waals surface area contributed by atoms with Crippen molar-refractivity contribution in [3.8, 4) is 6.07 Å². The molecule has 4 rings (SSSR count). The van der Waals surface area contributed by atoms with Crippen LogP contribution in [0.1, 0.15) is 62.1 Å². The first-order valence-electron chi connectivity index (χ1n) is 9.86. The fraction of sp³-hybridized carbons (Fsp3) is 0.364. The van der Waals surface area contributed by atoms with E-state index in [0.29, 0.717) is 39.3 Å². The number of Topliss-reactive ketones (excluding diaryl/α,β-unsaturated/α-hetero) is 1. The van der Waals surface area contributed by atoms with Crippen molar-refractivity contribution < 1.29 is 4.79 Å².